The molecule has 1 saturated carbocycles. The van der Waals surface area contributed by atoms with Gasteiger partial charge in [0.25, 0.3) is 0 Å². The Bertz CT molecular complexity index is 952. The lowest BCUT2D eigenvalue weighted by Crippen LogP contribution is -2.22. The number of aromatic nitrogens is 3. The van der Waals surface area contributed by atoms with Crippen LogP contribution in [0.25, 0.3) is 5.69 Å². The van der Waals surface area contributed by atoms with E-state index in [1.54, 1.807) is 7.11 Å². The molecule has 1 aliphatic rings. The summed E-state index contributed by atoms with van der Waals surface area (Å²) in [5.74, 6) is 2.12. The molecule has 0 radical (unpaired) electrons. The van der Waals surface area contributed by atoms with E-state index in [0.717, 1.165) is 35.8 Å². The van der Waals surface area contributed by atoms with Gasteiger partial charge < -0.3 is 10.1 Å². The molecule has 1 aliphatic carbocycles. The first-order valence-corrected chi connectivity index (χ1v) is 10.2. The number of nitrogens with zero attached hydrogens (tertiary/aromatic N) is 3. The van der Waals surface area contributed by atoms with E-state index in [2.05, 4.69) is 10.4 Å². The van der Waals surface area contributed by atoms with Gasteiger partial charge in [-0.3, -0.25) is 4.79 Å². The van der Waals surface area contributed by atoms with E-state index in [0.29, 0.717) is 11.1 Å². The van der Waals surface area contributed by atoms with Crippen LogP contribution in [0.5, 0.6) is 5.75 Å². The fourth-order valence-corrected chi connectivity index (χ4v) is 3.61. The number of rotatable bonds is 7. The summed E-state index contributed by atoms with van der Waals surface area (Å²) in [6, 6.07) is 17.3. The molecule has 0 bridgehead atoms. The van der Waals surface area contributed by atoms with Crippen molar-refractivity contribution in [3.63, 3.8) is 0 Å². The third-order valence-electron chi connectivity index (χ3n) is 4.56. The monoisotopic (exact) mass is 394 g/mol. The number of nitrogens with one attached hydrogen (secondary N) is 1. The molecule has 4 rings (SSSR count). The number of ether oxygens (including phenoxy) is 1. The molecule has 6 nitrogen and oxygen atoms in total. The highest BCUT2D eigenvalue weighted by atomic mass is 32.2. The lowest BCUT2D eigenvalue weighted by atomic mass is 10.3. The quantitative estimate of drug-likeness (QED) is 0.606. The molecule has 3 aromatic rings. The second-order valence-corrected chi connectivity index (χ2v) is 8.06. The van der Waals surface area contributed by atoms with Crippen LogP contribution < -0.4 is 10.1 Å². The molecule has 1 aromatic heterocycles. The Morgan fingerprint density at radius 2 is 1.89 bits per heavy atom. The molecule has 144 valence electrons. The number of amides is 1. The molecule has 1 heterocycles. The number of thioether (sulfide) groups is 1. The van der Waals surface area contributed by atoms with Crippen molar-refractivity contribution in [3.05, 3.63) is 60.4 Å². The van der Waals surface area contributed by atoms with Crippen molar-refractivity contribution in [1.29, 1.82) is 0 Å². The fraction of sp³-hybridized carbons (Fsp3) is 0.286. The van der Waals surface area contributed by atoms with Crippen molar-refractivity contribution in [3.8, 4) is 11.4 Å². The SMILES string of the molecule is COc1ccc(NC(=O)[C@H](C)Sc2nc(C3CC3)n(-c3ccccc3)n2)cc1. The lowest BCUT2D eigenvalue weighted by molar-refractivity contribution is -0.115. The van der Waals surface area contributed by atoms with Crippen LogP contribution in [0, 0.1) is 0 Å². The normalized spacial score (nSPS) is 14.5. The number of anilines is 1. The summed E-state index contributed by atoms with van der Waals surface area (Å²) in [7, 11) is 1.61. The Balaban J connectivity index is 1.46. The summed E-state index contributed by atoms with van der Waals surface area (Å²) in [5.41, 5.74) is 1.73. The van der Waals surface area contributed by atoms with Crippen LogP contribution in [0.15, 0.2) is 59.8 Å². The topological polar surface area (TPSA) is 69.0 Å². The van der Waals surface area contributed by atoms with E-state index < -0.39 is 0 Å². The van der Waals surface area contributed by atoms with Crippen molar-refractivity contribution >= 4 is 23.4 Å². The zero-order valence-electron chi connectivity index (χ0n) is 15.8. The van der Waals surface area contributed by atoms with Gasteiger partial charge in [0.1, 0.15) is 11.6 Å². The summed E-state index contributed by atoms with van der Waals surface area (Å²) in [4.78, 5) is 17.3. The first-order valence-electron chi connectivity index (χ1n) is 9.28. The van der Waals surface area contributed by atoms with Gasteiger partial charge in [-0.1, -0.05) is 30.0 Å². The van der Waals surface area contributed by atoms with Crippen LogP contribution in [0.2, 0.25) is 0 Å². The van der Waals surface area contributed by atoms with E-state index >= 15 is 0 Å². The molecule has 0 unspecified atom stereocenters. The van der Waals surface area contributed by atoms with Gasteiger partial charge in [0.05, 0.1) is 18.0 Å². The zero-order valence-corrected chi connectivity index (χ0v) is 16.6. The van der Waals surface area contributed by atoms with Gasteiger partial charge in [0.2, 0.25) is 11.1 Å². The van der Waals surface area contributed by atoms with Crippen LogP contribution >= 0.6 is 11.8 Å². The van der Waals surface area contributed by atoms with Crippen LogP contribution in [0.3, 0.4) is 0 Å². The maximum Gasteiger partial charge on any atom is 0.237 e. The average Bonchev–Trinajstić information content (AvgIpc) is 3.49. The minimum Gasteiger partial charge on any atom is -0.497 e. The average molecular weight is 395 g/mol. The summed E-state index contributed by atoms with van der Waals surface area (Å²) >= 11 is 1.37. The number of para-hydroxylation sites is 1. The number of hydrogen-bond donors (Lipinski definition) is 1. The van der Waals surface area contributed by atoms with Crippen LogP contribution in [-0.4, -0.2) is 33.0 Å². The molecular weight excluding hydrogens is 372 g/mol. The highest BCUT2D eigenvalue weighted by Crippen LogP contribution is 2.40. The number of carbonyl (C=O) groups excluding carboxylic acids is 1. The van der Waals surface area contributed by atoms with Crippen LogP contribution in [-0.2, 0) is 4.79 Å². The van der Waals surface area contributed by atoms with Crippen molar-refractivity contribution < 1.29 is 9.53 Å². The molecule has 2 aromatic carbocycles. The Morgan fingerprint density at radius 3 is 2.54 bits per heavy atom. The molecule has 28 heavy (non-hydrogen) atoms. The first kappa shape index (κ1) is 18.6. The van der Waals surface area contributed by atoms with Crippen LogP contribution in [0.1, 0.15) is 31.5 Å². The molecule has 1 fully saturated rings. The number of hydrogen-bond acceptors (Lipinski definition) is 5. The highest BCUT2D eigenvalue weighted by Gasteiger charge is 2.31. The first-order chi connectivity index (χ1) is 13.6. The second-order valence-electron chi connectivity index (χ2n) is 6.75. The predicted octanol–water partition coefficient (Wildman–Crippen LogP) is 4.27. The van der Waals surface area contributed by atoms with Gasteiger partial charge in [-0.05, 0) is 56.2 Å². The molecule has 1 N–H and O–H groups in total. The largest absolute Gasteiger partial charge is 0.497 e. The third-order valence-corrected chi connectivity index (χ3v) is 5.52. The van der Waals surface area contributed by atoms with Gasteiger partial charge >= 0.3 is 0 Å². The summed E-state index contributed by atoms with van der Waals surface area (Å²) in [6.45, 7) is 1.86. The maximum atomic E-state index is 12.6. The predicted molar refractivity (Wildman–Crippen MR) is 110 cm³/mol. The van der Waals surface area contributed by atoms with Crippen molar-refractivity contribution in [2.24, 2.45) is 0 Å². The van der Waals surface area contributed by atoms with Crippen LogP contribution in [0.4, 0.5) is 5.69 Å². The number of carbonyl (C=O) groups is 1. The summed E-state index contributed by atoms with van der Waals surface area (Å²) in [6.07, 6.45) is 2.28. The van der Waals surface area contributed by atoms with E-state index in [-0.39, 0.29) is 11.2 Å². The minimum absolute atomic E-state index is 0.0841. The minimum atomic E-state index is -0.319. The standard InChI is InChI=1S/C21H22N4O2S/c1-14(20(26)22-16-10-12-18(27-2)13-11-16)28-21-23-19(15-8-9-15)25(24-21)17-6-4-3-5-7-17/h3-7,10-15H,8-9H2,1-2H3,(H,22,26)/t14-/m0/s1. The molecule has 0 saturated heterocycles. The summed E-state index contributed by atoms with van der Waals surface area (Å²) in [5, 5.41) is 7.90. The fourth-order valence-electron chi connectivity index (χ4n) is 2.85. The Hall–Kier alpha value is -2.80. The van der Waals surface area contributed by atoms with Crippen molar-refractivity contribution in [1.82, 2.24) is 14.8 Å². The molecule has 1 amide bonds. The Kier molecular flexibility index (Phi) is 5.34. The van der Waals surface area contributed by atoms with Gasteiger partial charge in [0.15, 0.2) is 0 Å². The van der Waals surface area contributed by atoms with Gasteiger partial charge in [-0.25, -0.2) is 9.67 Å². The van der Waals surface area contributed by atoms with E-state index in [1.165, 1.54) is 11.8 Å². The third kappa shape index (κ3) is 4.20. The smallest absolute Gasteiger partial charge is 0.237 e. The molecule has 0 spiro atoms. The Labute approximate surface area is 168 Å². The zero-order chi connectivity index (χ0) is 19.5. The van der Waals surface area contributed by atoms with E-state index in [1.807, 2.05) is 66.2 Å². The van der Waals surface area contributed by atoms with Gasteiger partial charge in [-0.15, -0.1) is 5.10 Å². The van der Waals surface area contributed by atoms with Gasteiger partial charge in [-0.2, -0.15) is 0 Å². The highest BCUT2D eigenvalue weighted by molar-refractivity contribution is 8.00. The summed E-state index contributed by atoms with van der Waals surface area (Å²) < 4.78 is 7.05. The van der Waals surface area contributed by atoms with E-state index in [4.69, 9.17) is 9.72 Å². The Morgan fingerprint density at radius 1 is 1.18 bits per heavy atom. The molecule has 0 aliphatic heterocycles. The molecular formula is C21H22N4O2S. The maximum absolute atomic E-state index is 12.6. The molecule has 1 atom stereocenters. The van der Waals surface area contributed by atoms with Gasteiger partial charge in [0, 0.05) is 11.6 Å². The number of methoxy groups -OCH3 is 1. The van der Waals surface area contributed by atoms with Crippen molar-refractivity contribution in [2.75, 3.05) is 12.4 Å². The lowest BCUT2D eigenvalue weighted by Gasteiger charge is -2.10. The van der Waals surface area contributed by atoms with E-state index in [9.17, 15) is 4.79 Å². The number of benzene rings is 2. The second kappa shape index (κ2) is 8.06. The molecule has 7 heteroatoms. The van der Waals surface area contributed by atoms with Crippen molar-refractivity contribution in [2.45, 2.75) is 36.1 Å².